The number of nitrogens with two attached hydrogens (primary N) is 1. The highest BCUT2D eigenvalue weighted by molar-refractivity contribution is 7.88. The van der Waals surface area contributed by atoms with E-state index < -0.39 is 10.0 Å². The molecule has 1 aromatic rings. The third kappa shape index (κ3) is 5.21. The average Bonchev–Trinajstić information content (AvgIpc) is 2.43. The van der Waals surface area contributed by atoms with E-state index in [1.807, 2.05) is 26.0 Å². The van der Waals surface area contributed by atoms with Crippen molar-refractivity contribution < 1.29 is 8.42 Å². The Hall–Kier alpha value is -1.60. The largest absolute Gasteiger partial charge is 0.370 e. The van der Waals surface area contributed by atoms with Gasteiger partial charge in [0.1, 0.15) is 0 Å². The summed E-state index contributed by atoms with van der Waals surface area (Å²) in [6.45, 7) is 5.01. The molecule has 1 aromatic carbocycles. The van der Waals surface area contributed by atoms with Gasteiger partial charge in [0.15, 0.2) is 5.96 Å². The topological polar surface area (TPSA) is 87.8 Å². The standard InChI is InChI=1S/C16H26N4O2S/c1-12-8-13(2)10-14(9-12)19-16(17)18-11-15-6-4-5-7-20(15)23(3,21)22/h8-10,15H,4-7,11H2,1-3H3,(H3,17,18,19). The van der Waals surface area contributed by atoms with Gasteiger partial charge in [-0.25, -0.2) is 8.42 Å². The molecule has 0 bridgehead atoms. The van der Waals surface area contributed by atoms with Gasteiger partial charge in [-0.1, -0.05) is 12.5 Å². The third-order valence-corrected chi connectivity index (χ3v) is 5.30. The minimum Gasteiger partial charge on any atom is -0.370 e. The minimum absolute atomic E-state index is 0.0988. The molecule has 1 atom stereocenters. The number of aliphatic imine (C=N–C) groups is 1. The number of aryl methyl sites for hydroxylation is 2. The maximum atomic E-state index is 11.8. The fourth-order valence-corrected chi connectivity index (χ4v) is 4.21. The lowest BCUT2D eigenvalue weighted by Crippen LogP contribution is -2.45. The molecule has 0 aliphatic carbocycles. The summed E-state index contributed by atoms with van der Waals surface area (Å²) < 4.78 is 25.2. The molecule has 0 amide bonds. The van der Waals surface area contributed by atoms with Gasteiger partial charge < -0.3 is 11.1 Å². The Morgan fingerprint density at radius 1 is 1.30 bits per heavy atom. The van der Waals surface area contributed by atoms with Gasteiger partial charge in [-0.05, 0) is 49.9 Å². The molecule has 1 unspecified atom stereocenters. The summed E-state index contributed by atoms with van der Waals surface area (Å²) in [6.07, 6.45) is 4.01. The van der Waals surface area contributed by atoms with Crippen LogP contribution >= 0.6 is 0 Å². The number of nitrogens with one attached hydrogen (secondary N) is 1. The maximum Gasteiger partial charge on any atom is 0.211 e. The van der Waals surface area contributed by atoms with Crippen molar-refractivity contribution in [3.8, 4) is 0 Å². The van der Waals surface area contributed by atoms with Crippen LogP contribution in [0.15, 0.2) is 23.2 Å². The molecular weight excluding hydrogens is 312 g/mol. The molecule has 2 rings (SSSR count). The molecule has 6 nitrogen and oxygen atoms in total. The van der Waals surface area contributed by atoms with Crippen LogP contribution in [0, 0.1) is 13.8 Å². The zero-order valence-electron chi connectivity index (χ0n) is 14.0. The number of piperidine rings is 1. The van der Waals surface area contributed by atoms with E-state index in [0.717, 1.165) is 36.1 Å². The van der Waals surface area contributed by atoms with Crippen LogP contribution < -0.4 is 11.1 Å². The smallest absolute Gasteiger partial charge is 0.211 e. The van der Waals surface area contributed by atoms with E-state index in [1.165, 1.54) is 6.26 Å². The maximum absolute atomic E-state index is 11.8. The Morgan fingerprint density at radius 3 is 2.57 bits per heavy atom. The normalized spacial score (nSPS) is 20.5. The first-order valence-corrected chi connectivity index (χ1v) is 9.72. The highest BCUT2D eigenvalue weighted by atomic mass is 32.2. The summed E-state index contributed by atoms with van der Waals surface area (Å²) in [5, 5.41) is 3.08. The van der Waals surface area contributed by atoms with Crippen molar-refractivity contribution in [2.75, 3.05) is 24.7 Å². The fourth-order valence-electron chi connectivity index (χ4n) is 3.03. The minimum atomic E-state index is -3.19. The van der Waals surface area contributed by atoms with E-state index in [-0.39, 0.29) is 6.04 Å². The zero-order chi connectivity index (χ0) is 17.0. The molecule has 0 spiro atoms. The van der Waals surface area contributed by atoms with Crippen LogP contribution in [0.1, 0.15) is 30.4 Å². The van der Waals surface area contributed by atoms with Crippen LogP contribution in [0.4, 0.5) is 5.69 Å². The van der Waals surface area contributed by atoms with Crippen molar-refractivity contribution in [1.29, 1.82) is 0 Å². The molecule has 1 fully saturated rings. The zero-order valence-corrected chi connectivity index (χ0v) is 14.9. The van der Waals surface area contributed by atoms with Crippen LogP contribution in [-0.4, -0.2) is 44.1 Å². The van der Waals surface area contributed by atoms with Crippen LogP contribution in [0.2, 0.25) is 0 Å². The second kappa shape index (κ2) is 7.31. The lowest BCUT2D eigenvalue weighted by atomic mass is 10.1. The van der Waals surface area contributed by atoms with E-state index in [4.69, 9.17) is 5.73 Å². The van der Waals surface area contributed by atoms with Gasteiger partial charge in [-0.3, -0.25) is 4.99 Å². The molecule has 1 saturated heterocycles. The fraction of sp³-hybridized carbons (Fsp3) is 0.562. The van der Waals surface area contributed by atoms with Crippen molar-refractivity contribution in [2.24, 2.45) is 10.7 Å². The van der Waals surface area contributed by atoms with Gasteiger partial charge in [0.05, 0.1) is 12.8 Å². The van der Waals surface area contributed by atoms with Gasteiger partial charge >= 0.3 is 0 Å². The number of nitrogens with zero attached hydrogens (tertiary/aromatic N) is 2. The second-order valence-corrected chi connectivity index (χ2v) is 8.19. The number of guanidine groups is 1. The number of sulfonamides is 1. The first kappa shape index (κ1) is 17.7. The van der Waals surface area contributed by atoms with Crippen molar-refractivity contribution in [2.45, 2.75) is 39.2 Å². The predicted molar refractivity (Wildman–Crippen MR) is 95.2 cm³/mol. The Morgan fingerprint density at radius 2 is 1.96 bits per heavy atom. The van der Waals surface area contributed by atoms with E-state index >= 15 is 0 Å². The van der Waals surface area contributed by atoms with Crippen molar-refractivity contribution in [3.05, 3.63) is 29.3 Å². The summed E-state index contributed by atoms with van der Waals surface area (Å²) in [6, 6.07) is 5.99. The molecule has 128 valence electrons. The third-order valence-electron chi connectivity index (χ3n) is 3.97. The van der Waals surface area contributed by atoms with E-state index in [0.29, 0.717) is 19.0 Å². The van der Waals surface area contributed by atoms with Gasteiger partial charge in [0.2, 0.25) is 10.0 Å². The lowest BCUT2D eigenvalue weighted by molar-refractivity contribution is 0.259. The first-order chi connectivity index (χ1) is 10.8. The van der Waals surface area contributed by atoms with Gasteiger partial charge in [-0.15, -0.1) is 0 Å². The summed E-state index contributed by atoms with van der Waals surface area (Å²) in [7, 11) is -3.19. The first-order valence-electron chi connectivity index (χ1n) is 7.88. The number of benzene rings is 1. The molecule has 1 heterocycles. The Kier molecular flexibility index (Phi) is 5.64. The summed E-state index contributed by atoms with van der Waals surface area (Å²) in [4.78, 5) is 4.34. The summed E-state index contributed by atoms with van der Waals surface area (Å²) >= 11 is 0. The molecule has 23 heavy (non-hydrogen) atoms. The number of rotatable bonds is 4. The highest BCUT2D eigenvalue weighted by Crippen LogP contribution is 2.20. The molecule has 0 radical (unpaired) electrons. The molecule has 1 aliphatic heterocycles. The monoisotopic (exact) mass is 338 g/mol. The number of anilines is 1. The second-order valence-electron chi connectivity index (χ2n) is 6.25. The highest BCUT2D eigenvalue weighted by Gasteiger charge is 2.28. The Bertz CT molecular complexity index is 665. The van der Waals surface area contributed by atoms with E-state index in [1.54, 1.807) is 4.31 Å². The van der Waals surface area contributed by atoms with Crippen LogP contribution in [0.25, 0.3) is 0 Å². The summed E-state index contributed by atoms with van der Waals surface area (Å²) in [5.41, 5.74) is 9.14. The quantitative estimate of drug-likeness (QED) is 0.648. The van der Waals surface area contributed by atoms with E-state index in [2.05, 4.69) is 16.4 Å². The Balaban J connectivity index is 2.03. The van der Waals surface area contributed by atoms with Crippen LogP contribution in [0.3, 0.4) is 0 Å². The Labute approximate surface area is 138 Å². The number of hydrogen-bond acceptors (Lipinski definition) is 3. The molecule has 1 aliphatic rings. The number of hydrogen-bond donors (Lipinski definition) is 2. The summed E-state index contributed by atoms with van der Waals surface area (Å²) in [5.74, 6) is 0.314. The van der Waals surface area contributed by atoms with Crippen LogP contribution in [-0.2, 0) is 10.0 Å². The molecule has 3 N–H and O–H groups in total. The lowest BCUT2D eigenvalue weighted by Gasteiger charge is -2.32. The molecule has 0 aromatic heterocycles. The molecule has 0 saturated carbocycles. The molecular formula is C16H26N4O2S. The van der Waals surface area contributed by atoms with Gasteiger partial charge in [-0.2, -0.15) is 4.31 Å². The van der Waals surface area contributed by atoms with Gasteiger partial charge in [0.25, 0.3) is 0 Å². The van der Waals surface area contributed by atoms with Crippen LogP contribution in [0.5, 0.6) is 0 Å². The van der Waals surface area contributed by atoms with Crippen molar-refractivity contribution in [1.82, 2.24) is 4.31 Å². The van der Waals surface area contributed by atoms with Crippen molar-refractivity contribution in [3.63, 3.8) is 0 Å². The predicted octanol–water partition coefficient (Wildman–Crippen LogP) is 1.84. The van der Waals surface area contributed by atoms with E-state index in [9.17, 15) is 8.42 Å². The molecule has 7 heteroatoms. The van der Waals surface area contributed by atoms with Gasteiger partial charge in [0, 0.05) is 18.3 Å². The SMILES string of the molecule is Cc1cc(C)cc(NC(N)=NCC2CCCCN2S(C)(=O)=O)c1. The average molecular weight is 338 g/mol. The van der Waals surface area contributed by atoms with Crippen molar-refractivity contribution >= 4 is 21.7 Å².